The van der Waals surface area contributed by atoms with Crippen LogP contribution in [0.25, 0.3) is 0 Å². The molecule has 1 aromatic heterocycles. The molecule has 0 spiro atoms. The summed E-state index contributed by atoms with van der Waals surface area (Å²) < 4.78 is 1.37. The molecule has 0 aliphatic carbocycles. The van der Waals surface area contributed by atoms with E-state index in [2.05, 4.69) is 10.3 Å². The number of carbonyl (C=O) groups is 1. The molecule has 0 saturated heterocycles. The number of amides is 1. The van der Waals surface area contributed by atoms with Gasteiger partial charge in [0.05, 0.1) is 6.42 Å². The van der Waals surface area contributed by atoms with Gasteiger partial charge in [-0.15, -0.1) is 0 Å². The van der Waals surface area contributed by atoms with E-state index in [1.807, 2.05) is 31.2 Å². The maximum absolute atomic E-state index is 11.9. The Hall–Kier alpha value is -2.43. The number of nitrogens with one attached hydrogen (secondary N) is 1. The first-order valence-electron chi connectivity index (χ1n) is 5.93. The molecule has 1 amide bonds. The summed E-state index contributed by atoms with van der Waals surface area (Å²) in [7, 11) is 1.61. The molecule has 0 atom stereocenters. The summed E-state index contributed by atoms with van der Waals surface area (Å²) in [4.78, 5) is 27.4. The van der Waals surface area contributed by atoms with Gasteiger partial charge in [0, 0.05) is 19.4 Å². The summed E-state index contributed by atoms with van der Waals surface area (Å²) in [5.41, 5.74) is 1.68. The molecule has 19 heavy (non-hydrogen) atoms. The Labute approximate surface area is 110 Å². The van der Waals surface area contributed by atoms with E-state index in [-0.39, 0.29) is 23.7 Å². The van der Waals surface area contributed by atoms with Crippen molar-refractivity contribution in [3.8, 4) is 0 Å². The summed E-state index contributed by atoms with van der Waals surface area (Å²) in [5.74, 6) is -0.191. The van der Waals surface area contributed by atoms with Gasteiger partial charge in [0.25, 0.3) is 5.56 Å². The molecule has 0 aliphatic rings. The molecule has 1 N–H and O–H groups in total. The van der Waals surface area contributed by atoms with Gasteiger partial charge in [0.2, 0.25) is 5.91 Å². The zero-order chi connectivity index (χ0) is 13.8. The molecule has 0 saturated carbocycles. The van der Waals surface area contributed by atoms with Crippen molar-refractivity contribution in [1.82, 2.24) is 9.55 Å². The third-order valence-electron chi connectivity index (χ3n) is 2.72. The molecule has 0 aliphatic heterocycles. The predicted octanol–water partition coefficient (Wildman–Crippen LogP) is 1.27. The molecule has 98 valence electrons. The lowest BCUT2D eigenvalue weighted by atomic mass is 10.1. The Morgan fingerprint density at radius 3 is 2.95 bits per heavy atom. The molecular formula is C14H15N3O2. The van der Waals surface area contributed by atoms with Crippen molar-refractivity contribution in [3.05, 3.63) is 58.1 Å². The van der Waals surface area contributed by atoms with Crippen molar-refractivity contribution in [2.75, 3.05) is 5.32 Å². The van der Waals surface area contributed by atoms with Crippen LogP contribution in [0.2, 0.25) is 0 Å². The zero-order valence-corrected chi connectivity index (χ0v) is 10.9. The number of aromatic nitrogens is 2. The SMILES string of the molecule is Cc1cccc(CC(=O)Nc2nccn(C)c2=O)c1. The Morgan fingerprint density at radius 1 is 1.42 bits per heavy atom. The fourth-order valence-electron chi connectivity index (χ4n) is 1.77. The topological polar surface area (TPSA) is 64.0 Å². The van der Waals surface area contributed by atoms with E-state index in [0.29, 0.717) is 0 Å². The second kappa shape index (κ2) is 5.48. The quantitative estimate of drug-likeness (QED) is 0.900. The van der Waals surface area contributed by atoms with E-state index in [4.69, 9.17) is 0 Å². The highest BCUT2D eigenvalue weighted by Gasteiger charge is 2.08. The average Bonchev–Trinajstić information content (AvgIpc) is 2.35. The molecular weight excluding hydrogens is 242 g/mol. The minimum absolute atomic E-state index is 0.0580. The number of hydrogen-bond donors (Lipinski definition) is 1. The smallest absolute Gasteiger partial charge is 0.293 e. The summed E-state index contributed by atoms with van der Waals surface area (Å²) in [6.45, 7) is 1.97. The lowest BCUT2D eigenvalue weighted by molar-refractivity contribution is -0.115. The number of benzene rings is 1. The van der Waals surface area contributed by atoms with Crippen LogP contribution in [-0.2, 0) is 18.3 Å². The van der Waals surface area contributed by atoms with Crippen LogP contribution < -0.4 is 10.9 Å². The van der Waals surface area contributed by atoms with E-state index >= 15 is 0 Å². The molecule has 5 heteroatoms. The van der Waals surface area contributed by atoms with Gasteiger partial charge in [-0.3, -0.25) is 9.59 Å². The van der Waals surface area contributed by atoms with Crippen molar-refractivity contribution < 1.29 is 4.79 Å². The highest BCUT2D eigenvalue weighted by molar-refractivity contribution is 5.91. The number of rotatable bonds is 3. The van der Waals surface area contributed by atoms with E-state index in [9.17, 15) is 9.59 Å². The molecule has 1 heterocycles. The monoisotopic (exact) mass is 257 g/mol. The summed E-state index contributed by atoms with van der Waals surface area (Å²) in [5, 5.41) is 2.54. The van der Waals surface area contributed by atoms with E-state index in [1.165, 1.54) is 10.8 Å². The third kappa shape index (κ3) is 3.28. The van der Waals surface area contributed by atoms with E-state index in [0.717, 1.165) is 11.1 Å². The fourth-order valence-corrected chi connectivity index (χ4v) is 1.77. The third-order valence-corrected chi connectivity index (χ3v) is 2.72. The van der Waals surface area contributed by atoms with Crippen LogP contribution >= 0.6 is 0 Å². The van der Waals surface area contributed by atoms with Crippen LogP contribution in [-0.4, -0.2) is 15.5 Å². The number of nitrogens with zero attached hydrogens (tertiary/aromatic N) is 2. The predicted molar refractivity (Wildman–Crippen MR) is 73.0 cm³/mol. The highest BCUT2D eigenvalue weighted by atomic mass is 16.2. The Kier molecular flexibility index (Phi) is 3.75. The minimum Gasteiger partial charge on any atom is -0.314 e. The second-order valence-corrected chi connectivity index (χ2v) is 4.41. The number of hydrogen-bond acceptors (Lipinski definition) is 3. The van der Waals surface area contributed by atoms with Crippen LogP contribution in [0, 0.1) is 6.92 Å². The number of carbonyl (C=O) groups excluding carboxylic acids is 1. The summed E-state index contributed by atoms with van der Waals surface area (Å²) in [6, 6.07) is 7.69. The standard InChI is InChI=1S/C14H15N3O2/c1-10-4-3-5-11(8-10)9-12(18)16-13-14(19)17(2)7-6-15-13/h3-8H,9H2,1-2H3,(H,15,16,18). The van der Waals surface area contributed by atoms with Crippen LogP contribution in [0.4, 0.5) is 5.82 Å². The first-order chi connectivity index (χ1) is 9.06. The van der Waals surface area contributed by atoms with Crippen LogP contribution in [0.1, 0.15) is 11.1 Å². The lowest BCUT2D eigenvalue weighted by Gasteiger charge is -2.05. The fraction of sp³-hybridized carbons (Fsp3) is 0.214. The van der Waals surface area contributed by atoms with Gasteiger partial charge in [0.15, 0.2) is 5.82 Å². The molecule has 1 aromatic carbocycles. The largest absolute Gasteiger partial charge is 0.314 e. The molecule has 2 aromatic rings. The van der Waals surface area contributed by atoms with Gasteiger partial charge >= 0.3 is 0 Å². The van der Waals surface area contributed by atoms with Crippen LogP contribution in [0.5, 0.6) is 0 Å². The zero-order valence-electron chi connectivity index (χ0n) is 10.9. The number of anilines is 1. The van der Waals surface area contributed by atoms with Crippen molar-refractivity contribution in [2.24, 2.45) is 7.05 Å². The van der Waals surface area contributed by atoms with Crippen molar-refractivity contribution in [2.45, 2.75) is 13.3 Å². The Balaban J connectivity index is 2.10. The van der Waals surface area contributed by atoms with Crippen molar-refractivity contribution in [3.63, 3.8) is 0 Å². The van der Waals surface area contributed by atoms with Gasteiger partial charge < -0.3 is 9.88 Å². The van der Waals surface area contributed by atoms with E-state index in [1.54, 1.807) is 13.2 Å². The van der Waals surface area contributed by atoms with Gasteiger partial charge in [-0.1, -0.05) is 29.8 Å². The lowest BCUT2D eigenvalue weighted by Crippen LogP contribution is -2.26. The average molecular weight is 257 g/mol. The van der Waals surface area contributed by atoms with Gasteiger partial charge in [-0.05, 0) is 12.5 Å². The van der Waals surface area contributed by atoms with Gasteiger partial charge in [-0.25, -0.2) is 4.98 Å². The Bertz CT molecular complexity index is 662. The van der Waals surface area contributed by atoms with Crippen molar-refractivity contribution >= 4 is 11.7 Å². The maximum Gasteiger partial charge on any atom is 0.293 e. The second-order valence-electron chi connectivity index (χ2n) is 4.41. The molecule has 0 radical (unpaired) electrons. The van der Waals surface area contributed by atoms with Gasteiger partial charge in [0.1, 0.15) is 0 Å². The Morgan fingerprint density at radius 2 is 2.21 bits per heavy atom. The molecule has 2 rings (SSSR count). The summed E-state index contributed by atoms with van der Waals surface area (Å²) in [6.07, 6.45) is 3.24. The first-order valence-corrected chi connectivity index (χ1v) is 5.93. The normalized spacial score (nSPS) is 10.2. The minimum atomic E-state index is -0.319. The van der Waals surface area contributed by atoms with Crippen molar-refractivity contribution in [1.29, 1.82) is 0 Å². The maximum atomic E-state index is 11.9. The summed E-state index contributed by atoms with van der Waals surface area (Å²) >= 11 is 0. The number of aryl methyl sites for hydroxylation is 2. The highest BCUT2D eigenvalue weighted by Crippen LogP contribution is 2.05. The molecule has 0 bridgehead atoms. The van der Waals surface area contributed by atoms with Crippen LogP contribution in [0.15, 0.2) is 41.5 Å². The van der Waals surface area contributed by atoms with Crippen LogP contribution in [0.3, 0.4) is 0 Å². The first kappa shape index (κ1) is 13.0. The molecule has 0 unspecified atom stereocenters. The van der Waals surface area contributed by atoms with E-state index < -0.39 is 0 Å². The van der Waals surface area contributed by atoms with Gasteiger partial charge in [-0.2, -0.15) is 0 Å². The molecule has 0 fully saturated rings. The molecule has 5 nitrogen and oxygen atoms in total.